The van der Waals surface area contributed by atoms with Crippen LogP contribution < -0.4 is 4.74 Å². The number of hydrogen-bond donors (Lipinski definition) is 0. The second-order valence-corrected chi connectivity index (χ2v) is 5.70. The van der Waals surface area contributed by atoms with E-state index in [1.807, 2.05) is 24.3 Å². The van der Waals surface area contributed by atoms with Gasteiger partial charge < -0.3 is 14.0 Å². The summed E-state index contributed by atoms with van der Waals surface area (Å²) in [7, 11) is 1.67. The van der Waals surface area contributed by atoms with Crippen molar-refractivity contribution in [2.45, 2.75) is 44.6 Å². The Morgan fingerprint density at radius 1 is 1.36 bits per heavy atom. The predicted octanol–water partition coefficient (Wildman–Crippen LogP) is 3.34. The van der Waals surface area contributed by atoms with Crippen molar-refractivity contribution in [3.8, 4) is 5.75 Å². The second-order valence-electron chi connectivity index (χ2n) is 5.70. The fourth-order valence-electron chi connectivity index (χ4n) is 2.86. The summed E-state index contributed by atoms with van der Waals surface area (Å²) in [5.74, 6) is 2.64. The van der Waals surface area contributed by atoms with E-state index >= 15 is 0 Å². The molecule has 1 aliphatic rings. The van der Waals surface area contributed by atoms with Crippen molar-refractivity contribution in [2.75, 3.05) is 13.7 Å². The third kappa shape index (κ3) is 3.47. The summed E-state index contributed by atoms with van der Waals surface area (Å²) in [6.07, 6.45) is 3.92. The Hall–Kier alpha value is -1.88. The normalized spacial score (nSPS) is 21.7. The Morgan fingerprint density at radius 3 is 3.09 bits per heavy atom. The molecular formula is C17H22N2O3. The molecular weight excluding hydrogens is 280 g/mol. The van der Waals surface area contributed by atoms with Crippen molar-refractivity contribution >= 4 is 0 Å². The van der Waals surface area contributed by atoms with Gasteiger partial charge >= 0.3 is 0 Å². The van der Waals surface area contributed by atoms with Gasteiger partial charge in [-0.15, -0.1) is 0 Å². The minimum Gasteiger partial charge on any atom is -0.497 e. The lowest BCUT2D eigenvalue weighted by Gasteiger charge is -2.26. The van der Waals surface area contributed by atoms with E-state index in [4.69, 9.17) is 14.0 Å². The van der Waals surface area contributed by atoms with Crippen molar-refractivity contribution in [1.29, 1.82) is 0 Å². The van der Waals surface area contributed by atoms with E-state index < -0.39 is 0 Å². The highest BCUT2D eigenvalue weighted by atomic mass is 16.5. The van der Waals surface area contributed by atoms with E-state index in [0.29, 0.717) is 18.4 Å². The number of ether oxygens (including phenoxy) is 2. The lowest BCUT2D eigenvalue weighted by molar-refractivity contribution is 0.0000982. The summed E-state index contributed by atoms with van der Waals surface area (Å²) in [5, 5.41) is 4.13. The lowest BCUT2D eigenvalue weighted by atomic mass is 9.94. The molecule has 5 nitrogen and oxygen atoms in total. The van der Waals surface area contributed by atoms with Crippen LogP contribution in [0.4, 0.5) is 0 Å². The number of nitrogens with zero attached hydrogens (tertiary/aromatic N) is 2. The molecule has 0 radical (unpaired) electrons. The first-order chi connectivity index (χ1) is 10.8. The van der Waals surface area contributed by atoms with Gasteiger partial charge in [-0.3, -0.25) is 0 Å². The molecule has 0 amide bonds. The minimum atomic E-state index is 0.312. The van der Waals surface area contributed by atoms with Gasteiger partial charge in [0.15, 0.2) is 5.82 Å². The SMILES string of the molecule is CCC1CC(c2nc(Cc3cccc(OC)c3)no2)CCO1. The van der Waals surface area contributed by atoms with E-state index in [1.54, 1.807) is 7.11 Å². The summed E-state index contributed by atoms with van der Waals surface area (Å²) < 4.78 is 16.4. The smallest absolute Gasteiger partial charge is 0.229 e. The van der Waals surface area contributed by atoms with E-state index in [1.165, 1.54) is 0 Å². The fraction of sp³-hybridized carbons (Fsp3) is 0.529. The van der Waals surface area contributed by atoms with Crippen LogP contribution in [0.2, 0.25) is 0 Å². The Kier molecular flexibility index (Phi) is 4.73. The third-order valence-corrected chi connectivity index (χ3v) is 4.15. The van der Waals surface area contributed by atoms with E-state index in [9.17, 15) is 0 Å². The molecule has 0 aliphatic carbocycles. The standard InChI is InChI=1S/C17H22N2O3/c1-3-14-11-13(7-8-21-14)17-18-16(19-22-17)10-12-5-4-6-15(9-12)20-2/h4-6,9,13-14H,3,7-8,10-11H2,1-2H3. The van der Waals surface area contributed by atoms with Gasteiger partial charge in [0.2, 0.25) is 5.89 Å². The average Bonchev–Trinajstić information content (AvgIpc) is 3.03. The van der Waals surface area contributed by atoms with Crippen molar-refractivity contribution in [2.24, 2.45) is 0 Å². The highest BCUT2D eigenvalue weighted by Crippen LogP contribution is 2.30. The molecule has 0 bridgehead atoms. The third-order valence-electron chi connectivity index (χ3n) is 4.15. The van der Waals surface area contributed by atoms with Gasteiger partial charge in [-0.2, -0.15) is 4.98 Å². The topological polar surface area (TPSA) is 57.4 Å². The van der Waals surface area contributed by atoms with Crippen molar-refractivity contribution in [3.05, 3.63) is 41.5 Å². The zero-order valence-corrected chi connectivity index (χ0v) is 13.1. The monoisotopic (exact) mass is 302 g/mol. The summed E-state index contributed by atoms with van der Waals surface area (Å²) in [6, 6.07) is 7.94. The van der Waals surface area contributed by atoms with Crippen molar-refractivity contribution in [1.82, 2.24) is 10.1 Å². The van der Waals surface area contributed by atoms with Crippen LogP contribution in [0.3, 0.4) is 0 Å². The largest absolute Gasteiger partial charge is 0.497 e. The van der Waals surface area contributed by atoms with Crippen LogP contribution >= 0.6 is 0 Å². The van der Waals surface area contributed by atoms with Gasteiger partial charge in [0.05, 0.1) is 13.2 Å². The molecule has 2 aromatic rings. The maximum absolute atomic E-state index is 5.70. The van der Waals surface area contributed by atoms with Crippen LogP contribution in [-0.4, -0.2) is 30.0 Å². The van der Waals surface area contributed by atoms with Crippen LogP contribution in [-0.2, 0) is 11.2 Å². The van der Waals surface area contributed by atoms with Gasteiger partial charge in [0.1, 0.15) is 5.75 Å². The van der Waals surface area contributed by atoms with Crippen LogP contribution in [0, 0.1) is 0 Å². The van der Waals surface area contributed by atoms with Gasteiger partial charge in [0.25, 0.3) is 0 Å². The molecule has 1 saturated heterocycles. The zero-order valence-electron chi connectivity index (χ0n) is 13.1. The highest BCUT2D eigenvalue weighted by Gasteiger charge is 2.27. The molecule has 0 spiro atoms. The van der Waals surface area contributed by atoms with Crippen LogP contribution in [0.1, 0.15) is 49.4 Å². The molecule has 5 heteroatoms. The van der Waals surface area contributed by atoms with Gasteiger partial charge in [-0.1, -0.05) is 24.2 Å². The molecule has 1 aromatic carbocycles. The van der Waals surface area contributed by atoms with Crippen molar-refractivity contribution in [3.63, 3.8) is 0 Å². The summed E-state index contributed by atoms with van der Waals surface area (Å²) in [5.41, 5.74) is 1.12. The first kappa shape index (κ1) is 15.0. The number of aromatic nitrogens is 2. The molecule has 22 heavy (non-hydrogen) atoms. The molecule has 1 fully saturated rings. The first-order valence-corrected chi connectivity index (χ1v) is 7.85. The fourth-order valence-corrected chi connectivity index (χ4v) is 2.86. The Labute approximate surface area is 130 Å². The van der Waals surface area contributed by atoms with E-state index in [2.05, 4.69) is 17.1 Å². The van der Waals surface area contributed by atoms with E-state index in [-0.39, 0.29) is 0 Å². The molecule has 0 saturated carbocycles. The Bertz CT molecular complexity index is 611. The quantitative estimate of drug-likeness (QED) is 0.848. The van der Waals surface area contributed by atoms with Gasteiger partial charge in [0, 0.05) is 18.9 Å². The lowest BCUT2D eigenvalue weighted by Crippen LogP contribution is -2.24. The summed E-state index contributed by atoms with van der Waals surface area (Å²) in [4.78, 5) is 4.58. The number of rotatable bonds is 5. The number of hydrogen-bond acceptors (Lipinski definition) is 5. The average molecular weight is 302 g/mol. The van der Waals surface area contributed by atoms with Crippen LogP contribution in [0.25, 0.3) is 0 Å². The molecule has 1 aliphatic heterocycles. The molecule has 1 aromatic heterocycles. The molecule has 118 valence electrons. The molecule has 2 unspecified atom stereocenters. The maximum atomic E-state index is 5.70. The molecule has 2 atom stereocenters. The van der Waals surface area contributed by atoms with Crippen molar-refractivity contribution < 1.29 is 14.0 Å². The second kappa shape index (κ2) is 6.92. The molecule has 0 N–H and O–H groups in total. The number of benzene rings is 1. The first-order valence-electron chi connectivity index (χ1n) is 7.85. The van der Waals surface area contributed by atoms with Gasteiger partial charge in [-0.05, 0) is 37.0 Å². The molecule has 2 heterocycles. The highest BCUT2D eigenvalue weighted by molar-refractivity contribution is 5.30. The predicted molar refractivity (Wildman–Crippen MR) is 82.1 cm³/mol. The van der Waals surface area contributed by atoms with E-state index in [0.717, 1.165) is 48.9 Å². The maximum Gasteiger partial charge on any atom is 0.229 e. The number of methoxy groups -OCH3 is 1. The van der Waals surface area contributed by atoms with Crippen LogP contribution in [0.15, 0.2) is 28.8 Å². The minimum absolute atomic E-state index is 0.312. The Balaban J connectivity index is 1.68. The Morgan fingerprint density at radius 2 is 2.27 bits per heavy atom. The summed E-state index contributed by atoms with van der Waals surface area (Å²) >= 11 is 0. The van der Waals surface area contributed by atoms with Gasteiger partial charge in [-0.25, -0.2) is 0 Å². The molecule has 3 rings (SSSR count). The zero-order chi connectivity index (χ0) is 15.4. The summed E-state index contributed by atoms with van der Waals surface area (Å²) in [6.45, 7) is 2.92. The van der Waals surface area contributed by atoms with Crippen LogP contribution in [0.5, 0.6) is 5.75 Å².